The molecule has 0 aromatic carbocycles. The fourth-order valence-electron chi connectivity index (χ4n) is 2.69. The zero-order valence-electron chi connectivity index (χ0n) is 16.6. The molecule has 0 bridgehead atoms. The smallest absolute Gasteiger partial charge is 0.433 e. The number of carbonyl (C=O) groups is 3. The molecule has 1 atom stereocenters. The molecule has 30 heavy (non-hydrogen) atoms. The third kappa shape index (κ3) is 6.04. The first-order valence-electron chi connectivity index (χ1n) is 9.03. The molecule has 1 saturated heterocycles. The monoisotopic (exact) mass is 434 g/mol. The fourth-order valence-corrected chi connectivity index (χ4v) is 2.69. The minimum atomic E-state index is -4.75. The number of carbonyl (C=O) groups excluding carboxylic acids is 3. The molecule has 2 heterocycles. The van der Waals surface area contributed by atoms with E-state index in [4.69, 9.17) is 4.74 Å². The van der Waals surface area contributed by atoms with E-state index in [9.17, 15) is 27.6 Å². The van der Waals surface area contributed by atoms with Crippen LogP contribution in [0.2, 0.25) is 0 Å². The number of likely N-dealkylation sites (tertiary alicyclic amines) is 1. The second kappa shape index (κ2) is 8.44. The SMILES string of the molecule is CC(C)(C)OC(=O)N1CCCC(F)(C(=O)NNC(=O)c2cccc(C(F)(F)F)n2)C1. The highest BCUT2D eigenvalue weighted by molar-refractivity contribution is 5.95. The van der Waals surface area contributed by atoms with E-state index in [0.717, 1.165) is 17.0 Å². The van der Waals surface area contributed by atoms with Gasteiger partial charge in [-0.2, -0.15) is 13.2 Å². The molecule has 0 saturated carbocycles. The largest absolute Gasteiger partial charge is 0.444 e. The molecule has 0 aliphatic carbocycles. The van der Waals surface area contributed by atoms with Gasteiger partial charge in [-0.25, -0.2) is 14.2 Å². The van der Waals surface area contributed by atoms with Crippen LogP contribution in [0.5, 0.6) is 0 Å². The van der Waals surface area contributed by atoms with Gasteiger partial charge >= 0.3 is 12.3 Å². The molecule has 2 N–H and O–H groups in total. The van der Waals surface area contributed by atoms with Crippen LogP contribution >= 0.6 is 0 Å². The summed E-state index contributed by atoms with van der Waals surface area (Å²) in [5.41, 5.74) is -1.53. The highest BCUT2D eigenvalue weighted by atomic mass is 19.4. The Balaban J connectivity index is 2.00. The summed E-state index contributed by atoms with van der Waals surface area (Å²) >= 11 is 0. The average molecular weight is 434 g/mol. The third-order valence-corrected chi connectivity index (χ3v) is 4.06. The van der Waals surface area contributed by atoms with Crippen molar-refractivity contribution in [3.63, 3.8) is 0 Å². The lowest BCUT2D eigenvalue weighted by Crippen LogP contribution is -2.59. The first kappa shape index (κ1) is 23.4. The van der Waals surface area contributed by atoms with E-state index in [-0.39, 0.29) is 19.4 Å². The van der Waals surface area contributed by atoms with Crippen LogP contribution in [0, 0.1) is 0 Å². The van der Waals surface area contributed by atoms with Crippen LogP contribution in [-0.2, 0) is 15.7 Å². The maximum Gasteiger partial charge on any atom is 0.433 e. The summed E-state index contributed by atoms with van der Waals surface area (Å²) in [5.74, 6) is -2.39. The molecule has 1 aromatic heterocycles. The number of hydrazine groups is 1. The van der Waals surface area contributed by atoms with Gasteiger partial charge in [-0.3, -0.25) is 20.4 Å². The lowest BCUT2D eigenvalue weighted by atomic mass is 9.94. The minimum Gasteiger partial charge on any atom is -0.444 e. The van der Waals surface area contributed by atoms with E-state index in [1.54, 1.807) is 20.8 Å². The molecule has 1 unspecified atom stereocenters. The van der Waals surface area contributed by atoms with Gasteiger partial charge in [0.05, 0.1) is 6.54 Å². The molecule has 0 spiro atoms. The van der Waals surface area contributed by atoms with E-state index < -0.39 is 53.3 Å². The number of pyridine rings is 1. The maximum atomic E-state index is 15.1. The van der Waals surface area contributed by atoms with Gasteiger partial charge in [-0.15, -0.1) is 0 Å². The molecule has 2 rings (SSSR count). The molecule has 0 radical (unpaired) electrons. The summed E-state index contributed by atoms with van der Waals surface area (Å²) in [7, 11) is 0. The first-order valence-corrected chi connectivity index (χ1v) is 9.03. The zero-order valence-corrected chi connectivity index (χ0v) is 16.6. The topological polar surface area (TPSA) is 101 Å². The number of nitrogens with one attached hydrogen (secondary N) is 2. The summed E-state index contributed by atoms with van der Waals surface area (Å²) in [5, 5.41) is 0. The standard InChI is InChI=1S/C18H22F4N4O4/c1-16(2,3)30-15(29)26-9-5-8-17(19,10-26)14(28)25-24-13(27)11-6-4-7-12(23-11)18(20,21)22/h4,6-7H,5,8-10H2,1-3H3,(H,24,27)(H,25,28). The number of halogens is 4. The molecule has 1 aromatic rings. The van der Waals surface area contributed by atoms with Crippen LogP contribution in [0.4, 0.5) is 22.4 Å². The van der Waals surface area contributed by atoms with E-state index in [0.29, 0.717) is 6.07 Å². The minimum absolute atomic E-state index is 0.173. The van der Waals surface area contributed by atoms with Gasteiger partial charge in [0.15, 0.2) is 0 Å². The van der Waals surface area contributed by atoms with Crippen molar-refractivity contribution in [3.05, 3.63) is 29.6 Å². The van der Waals surface area contributed by atoms with Gasteiger partial charge in [0.1, 0.15) is 17.0 Å². The molecule has 3 amide bonds. The number of hydrogen-bond acceptors (Lipinski definition) is 5. The Morgan fingerprint density at radius 1 is 1.17 bits per heavy atom. The van der Waals surface area contributed by atoms with Gasteiger partial charge in [-0.05, 0) is 45.7 Å². The quantitative estimate of drug-likeness (QED) is 0.551. The Morgan fingerprint density at radius 3 is 2.43 bits per heavy atom. The Morgan fingerprint density at radius 2 is 1.83 bits per heavy atom. The third-order valence-electron chi connectivity index (χ3n) is 4.06. The van der Waals surface area contributed by atoms with Gasteiger partial charge in [0.2, 0.25) is 5.67 Å². The van der Waals surface area contributed by atoms with Crippen molar-refractivity contribution in [2.45, 2.75) is 51.1 Å². The van der Waals surface area contributed by atoms with Crippen molar-refractivity contribution in [1.82, 2.24) is 20.7 Å². The second-order valence-corrected chi connectivity index (χ2v) is 7.78. The molecule has 1 aliphatic heterocycles. The van der Waals surface area contributed by atoms with Crippen LogP contribution in [-0.4, -0.2) is 52.2 Å². The predicted octanol–water partition coefficient (Wildman–Crippen LogP) is 2.60. The van der Waals surface area contributed by atoms with Crippen molar-refractivity contribution in [3.8, 4) is 0 Å². The number of rotatable bonds is 2. The number of hydrogen-bond donors (Lipinski definition) is 2. The lowest BCUT2D eigenvalue weighted by Gasteiger charge is -2.36. The summed E-state index contributed by atoms with van der Waals surface area (Å²) in [6.07, 6.45) is -5.58. The zero-order chi connectivity index (χ0) is 22.7. The summed E-state index contributed by atoms with van der Waals surface area (Å²) < 4.78 is 58.3. The van der Waals surface area contributed by atoms with Gasteiger partial charge in [0, 0.05) is 6.54 Å². The number of amides is 3. The van der Waals surface area contributed by atoms with Gasteiger partial charge in [-0.1, -0.05) is 6.07 Å². The van der Waals surface area contributed by atoms with Crippen molar-refractivity contribution < 1.29 is 36.7 Å². The predicted molar refractivity (Wildman–Crippen MR) is 95.7 cm³/mol. The van der Waals surface area contributed by atoms with Crippen LogP contribution in [0.1, 0.15) is 49.8 Å². The van der Waals surface area contributed by atoms with E-state index in [2.05, 4.69) is 4.98 Å². The molecular formula is C18H22F4N4O4. The van der Waals surface area contributed by atoms with Gasteiger partial charge in [0.25, 0.3) is 11.8 Å². The molecule has 1 fully saturated rings. The number of ether oxygens (including phenoxy) is 1. The Hall–Kier alpha value is -2.92. The number of nitrogens with zero attached hydrogens (tertiary/aromatic N) is 2. The van der Waals surface area contributed by atoms with Crippen molar-refractivity contribution in [1.29, 1.82) is 0 Å². The molecule has 166 valence electrons. The summed E-state index contributed by atoms with van der Waals surface area (Å²) in [4.78, 5) is 40.6. The first-order chi connectivity index (χ1) is 13.7. The number of aromatic nitrogens is 1. The molecule has 8 nitrogen and oxygen atoms in total. The van der Waals surface area contributed by atoms with Crippen molar-refractivity contribution in [2.75, 3.05) is 13.1 Å². The maximum absolute atomic E-state index is 15.1. The van der Waals surface area contributed by atoms with Crippen LogP contribution in [0.3, 0.4) is 0 Å². The molecule has 12 heteroatoms. The molecular weight excluding hydrogens is 412 g/mol. The van der Waals surface area contributed by atoms with E-state index in [1.165, 1.54) is 0 Å². The molecule has 1 aliphatic rings. The highest BCUT2D eigenvalue weighted by Gasteiger charge is 2.45. The van der Waals surface area contributed by atoms with Crippen molar-refractivity contribution in [2.24, 2.45) is 0 Å². The van der Waals surface area contributed by atoms with Crippen LogP contribution in [0.25, 0.3) is 0 Å². The van der Waals surface area contributed by atoms with Gasteiger partial charge < -0.3 is 9.64 Å². The summed E-state index contributed by atoms with van der Waals surface area (Å²) in [6, 6.07) is 2.66. The Bertz CT molecular complexity index is 825. The van der Waals surface area contributed by atoms with Crippen molar-refractivity contribution >= 4 is 17.9 Å². The number of piperidine rings is 1. The second-order valence-electron chi connectivity index (χ2n) is 7.78. The van der Waals surface area contributed by atoms with Crippen LogP contribution < -0.4 is 10.9 Å². The highest BCUT2D eigenvalue weighted by Crippen LogP contribution is 2.28. The Kier molecular flexibility index (Phi) is 6.57. The number of alkyl halides is 4. The Labute approximate surface area is 169 Å². The normalized spacial score (nSPS) is 19.8. The van der Waals surface area contributed by atoms with E-state index >= 15 is 4.39 Å². The summed E-state index contributed by atoms with van der Waals surface area (Å²) in [6.45, 7) is 4.52. The fraction of sp³-hybridized carbons (Fsp3) is 0.556. The van der Waals surface area contributed by atoms with E-state index in [1.807, 2.05) is 10.9 Å². The lowest BCUT2D eigenvalue weighted by molar-refractivity contribution is -0.141. The van der Waals surface area contributed by atoms with Crippen LogP contribution in [0.15, 0.2) is 18.2 Å². The average Bonchev–Trinajstić information content (AvgIpc) is 2.64.